The van der Waals surface area contributed by atoms with Crippen molar-refractivity contribution in [1.82, 2.24) is 10.2 Å². The Kier molecular flexibility index (Phi) is 6.11. The molecule has 18 heavy (non-hydrogen) atoms. The number of amides is 2. The molecule has 0 rings (SSSR count). The van der Waals surface area contributed by atoms with Crippen LogP contribution in [0, 0.1) is 5.41 Å². The molecule has 0 saturated carbocycles. The number of hydrogen-bond acceptors (Lipinski definition) is 3. The highest BCUT2D eigenvalue weighted by Gasteiger charge is 2.33. The Balaban J connectivity index is 4.47. The van der Waals surface area contributed by atoms with E-state index in [1.54, 1.807) is 34.7 Å². The molecule has 0 fully saturated rings. The van der Waals surface area contributed by atoms with Gasteiger partial charge in [-0.1, -0.05) is 20.8 Å². The third-order valence-corrected chi connectivity index (χ3v) is 2.61. The van der Waals surface area contributed by atoms with Gasteiger partial charge < -0.3 is 20.4 Å². The molecule has 1 unspecified atom stereocenters. The molecular weight excluding hydrogens is 236 g/mol. The highest BCUT2D eigenvalue weighted by atomic mass is 16.4. The van der Waals surface area contributed by atoms with E-state index in [4.69, 9.17) is 10.2 Å². The maximum atomic E-state index is 11.8. The number of carbonyl (C=O) groups excluding carboxylic acids is 1. The number of aliphatic carboxylic acids is 1. The molecule has 106 valence electrons. The van der Waals surface area contributed by atoms with Gasteiger partial charge in [-0.3, -0.25) is 0 Å². The minimum atomic E-state index is -1.06. The van der Waals surface area contributed by atoms with E-state index in [1.165, 1.54) is 4.90 Å². The molecule has 6 nitrogen and oxygen atoms in total. The van der Waals surface area contributed by atoms with Crippen LogP contribution in [0.1, 0.15) is 34.1 Å². The van der Waals surface area contributed by atoms with E-state index >= 15 is 0 Å². The van der Waals surface area contributed by atoms with Crippen LogP contribution in [0.2, 0.25) is 0 Å². The Morgan fingerprint density at radius 1 is 1.33 bits per heavy atom. The Morgan fingerprint density at radius 3 is 2.17 bits per heavy atom. The fourth-order valence-corrected chi connectivity index (χ4v) is 1.36. The van der Waals surface area contributed by atoms with Crippen molar-refractivity contribution in [3.05, 3.63) is 0 Å². The monoisotopic (exact) mass is 260 g/mol. The predicted octanol–water partition coefficient (Wildman–Crippen LogP) is 0.898. The van der Waals surface area contributed by atoms with E-state index in [1.807, 2.05) is 0 Å². The fourth-order valence-electron chi connectivity index (χ4n) is 1.36. The zero-order valence-electron chi connectivity index (χ0n) is 11.7. The normalized spacial score (nSPS) is 14.8. The van der Waals surface area contributed by atoms with Gasteiger partial charge in [0.2, 0.25) is 0 Å². The minimum absolute atomic E-state index is 0.375. The van der Waals surface area contributed by atoms with Gasteiger partial charge in [-0.25, -0.2) is 9.59 Å². The lowest BCUT2D eigenvalue weighted by Gasteiger charge is -2.29. The molecule has 0 aromatic rings. The molecule has 0 aliphatic carbocycles. The first-order valence-electron chi connectivity index (χ1n) is 5.98. The van der Waals surface area contributed by atoms with Gasteiger partial charge >= 0.3 is 12.0 Å². The molecule has 0 aliphatic heterocycles. The molecule has 0 aromatic carbocycles. The smallest absolute Gasteiger partial charge is 0.326 e. The number of aliphatic hydroxyl groups excluding tert-OH is 1. The van der Waals surface area contributed by atoms with Crippen molar-refractivity contribution in [2.45, 2.75) is 46.3 Å². The van der Waals surface area contributed by atoms with Crippen molar-refractivity contribution in [2.24, 2.45) is 5.41 Å². The lowest BCUT2D eigenvalue weighted by atomic mass is 9.87. The van der Waals surface area contributed by atoms with Crippen LogP contribution >= 0.6 is 0 Å². The first-order chi connectivity index (χ1) is 8.05. The van der Waals surface area contributed by atoms with Crippen LogP contribution in [0.3, 0.4) is 0 Å². The Morgan fingerprint density at radius 2 is 1.83 bits per heavy atom. The summed E-state index contributed by atoms with van der Waals surface area (Å²) in [5, 5.41) is 20.7. The Labute approximate surface area is 108 Å². The van der Waals surface area contributed by atoms with Crippen LogP contribution in [0.15, 0.2) is 0 Å². The van der Waals surface area contributed by atoms with Crippen LogP contribution in [0.25, 0.3) is 0 Å². The van der Waals surface area contributed by atoms with Crippen LogP contribution < -0.4 is 5.32 Å². The molecule has 3 N–H and O–H groups in total. The molecular formula is C12H24N2O4. The summed E-state index contributed by atoms with van der Waals surface area (Å²) in [4.78, 5) is 24.3. The van der Waals surface area contributed by atoms with Crippen LogP contribution in [0.5, 0.6) is 0 Å². The van der Waals surface area contributed by atoms with Gasteiger partial charge in [-0.15, -0.1) is 0 Å². The molecule has 0 bridgehead atoms. The van der Waals surface area contributed by atoms with Crippen LogP contribution in [0.4, 0.5) is 4.79 Å². The molecule has 6 heteroatoms. The van der Waals surface area contributed by atoms with E-state index in [9.17, 15) is 9.59 Å². The van der Waals surface area contributed by atoms with Gasteiger partial charge in [-0.05, 0) is 18.8 Å². The van der Waals surface area contributed by atoms with Gasteiger partial charge in [0.25, 0.3) is 0 Å². The minimum Gasteiger partial charge on any atom is -0.480 e. The summed E-state index contributed by atoms with van der Waals surface area (Å²) in [7, 11) is 1.57. The molecule has 0 aromatic heterocycles. The number of carbonyl (C=O) groups is 2. The maximum absolute atomic E-state index is 11.8. The number of aliphatic hydroxyl groups is 1. The number of carboxylic acids is 1. The molecule has 2 amide bonds. The highest BCUT2D eigenvalue weighted by molar-refractivity contribution is 5.83. The standard InChI is InChI=1S/C12H24N2O4/c1-8(15)6-7-14(5)11(18)13-9(10(16)17)12(2,3)4/h8-9,15H,6-7H2,1-5H3,(H,13,18)(H,16,17)/t8?,9-/m0/s1. The quantitative estimate of drug-likeness (QED) is 0.685. The van der Waals surface area contributed by atoms with Crippen LogP contribution in [-0.2, 0) is 4.79 Å². The van der Waals surface area contributed by atoms with E-state index in [2.05, 4.69) is 5.32 Å². The molecule has 2 atom stereocenters. The highest BCUT2D eigenvalue weighted by Crippen LogP contribution is 2.19. The molecule has 0 saturated heterocycles. The van der Waals surface area contributed by atoms with Gasteiger partial charge in [-0.2, -0.15) is 0 Å². The van der Waals surface area contributed by atoms with Crippen molar-refractivity contribution in [3.8, 4) is 0 Å². The van der Waals surface area contributed by atoms with E-state index in [0.29, 0.717) is 13.0 Å². The number of nitrogens with one attached hydrogen (secondary N) is 1. The second kappa shape index (κ2) is 6.58. The molecule has 0 aliphatic rings. The number of carboxylic acid groups (broad SMARTS) is 1. The van der Waals surface area contributed by atoms with Crippen LogP contribution in [-0.4, -0.2) is 52.9 Å². The Hall–Kier alpha value is -1.30. The number of hydrogen-bond donors (Lipinski definition) is 3. The number of rotatable bonds is 5. The van der Waals surface area contributed by atoms with Crippen molar-refractivity contribution in [1.29, 1.82) is 0 Å². The molecule has 0 spiro atoms. The summed E-state index contributed by atoms with van der Waals surface area (Å²) in [5.41, 5.74) is -0.563. The second-order valence-corrected chi connectivity index (χ2v) is 5.65. The maximum Gasteiger partial charge on any atom is 0.326 e. The lowest BCUT2D eigenvalue weighted by molar-refractivity contribution is -0.142. The predicted molar refractivity (Wildman–Crippen MR) is 68.3 cm³/mol. The first kappa shape index (κ1) is 16.7. The number of nitrogens with zero attached hydrogens (tertiary/aromatic N) is 1. The lowest BCUT2D eigenvalue weighted by Crippen LogP contribution is -2.52. The first-order valence-corrected chi connectivity index (χ1v) is 5.98. The summed E-state index contributed by atoms with van der Waals surface area (Å²) in [5.74, 6) is -1.06. The average molecular weight is 260 g/mol. The van der Waals surface area contributed by atoms with E-state index in [0.717, 1.165) is 0 Å². The Bertz CT molecular complexity index is 297. The SMILES string of the molecule is CC(O)CCN(C)C(=O)N[C@@H](C(=O)O)C(C)(C)C. The van der Waals surface area contributed by atoms with Gasteiger partial charge in [0.15, 0.2) is 0 Å². The zero-order valence-corrected chi connectivity index (χ0v) is 11.7. The van der Waals surface area contributed by atoms with Gasteiger partial charge in [0, 0.05) is 13.6 Å². The third-order valence-electron chi connectivity index (χ3n) is 2.61. The third kappa shape index (κ3) is 5.86. The fraction of sp³-hybridized carbons (Fsp3) is 0.833. The average Bonchev–Trinajstić information content (AvgIpc) is 2.19. The summed E-state index contributed by atoms with van der Waals surface area (Å²) in [6, 6.07) is -1.39. The van der Waals surface area contributed by atoms with Crippen molar-refractivity contribution in [2.75, 3.05) is 13.6 Å². The number of urea groups is 1. The second-order valence-electron chi connectivity index (χ2n) is 5.65. The van der Waals surface area contributed by atoms with Crippen molar-refractivity contribution < 1.29 is 19.8 Å². The largest absolute Gasteiger partial charge is 0.480 e. The van der Waals surface area contributed by atoms with E-state index in [-0.39, 0.29) is 0 Å². The van der Waals surface area contributed by atoms with Crippen molar-refractivity contribution >= 4 is 12.0 Å². The van der Waals surface area contributed by atoms with Gasteiger partial charge in [0.05, 0.1) is 6.10 Å². The van der Waals surface area contributed by atoms with Crippen molar-refractivity contribution in [3.63, 3.8) is 0 Å². The summed E-state index contributed by atoms with van der Waals surface area (Å²) >= 11 is 0. The van der Waals surface area contributed by atoms with E-state index < -0.39 is 29.6 Å². The summed E-state index contributed by atoms with van der Waals surface area (Å²) < 4.78 is 0. The zero-order chi connectivity index (χ0) is 14.5. The summed E-state index contributed by atoms with van der Waals surface area (Å²) in [6.07, 6.45) is -0.0323. The topological polar surface area (TPSA) is 89.9 Å². The van der Waals surface area contributed by atoms with Gasteiger partial charge in [0.1, 0.15) is 6.04 Å². The summed E-state index contributed by atoms with van der Waals surface area (Å²) in [6.45, 7) is 7.27. The molecule has 0 heterocycles. The molecule has 0 radical (unpaired) electrons.